The number of hydrogen-bond acceptors (Lipinski definition) is 3. The third kappa shape index (κ3) is 3.15. The van der Waals surface area contributed by atoms with Crippen LogP contribution in [0.3, 0.4) is 0 Å². The summed E-state index contributed by atoms with van der Waals surface area (Å²) >= 11 is 11.7. The van der Waals surface area contributed by atoms with Gasteiger partial charge in [0.15, 0.2) is 0 Å². The molecule has 0 fully saturated rings. The van der Waals surface area contributed by atoms with Crippen molar-refractivity contribution >= 4 is 44.6 Å². The average Bonchev–Trinajstić information content (AvgIpc) is 2.35. The van der Waals surface area contributed by atoms with Gasteiger partial charge in [-0.2, -0.15) is 0 Å². The Morgan fingerprint density at radius 3 is 2.40 bits per heavy atom. The predicted molar refractivity (Wildman–Crippen MR) is 78.1 cm³/mol. The van der Waals surface area contributed by atoms with E-state index in [9.17, 15) is 12.8 Å². The van der Waals surface area contributed by atoms with E-state index in [0.717, 1.165) is 18.2 Å². The zero-order chi connectivity index (χ0) is 14.9. The molecule has 0 saturated heterocycles. The minimum absolute atomic E-state index is 0.0922. The minimum atomic E-state index is -4.05. The molecule has 2 rings (SSSR count). The van der Waals surface area contributed by atoms with Gasteiger partial charge in [0.1, 0.15) is 10.7 Å². The van der Waals surface area contributed by atoms with Gasteiger partial charge in [0, 0.05) is 5.69 Å². The molecule has 4 nitrogen and oxygen atoms in total. The van der Waals surface area contributed by atoms with Gasteiger partial charge in [-0.15, -0.1) is 0 Å². The highest BCUT2D eigenvalue weighted by molar-refractivity contribution is 7.92. The lowest BCUT2D eigenvalue weighted by Gasteiger charge is -2.11. The molecule has 0 atom stereocenters. The van der Waals surface area contributed by atoms with Gasteiger partial charge in [-0.3, -0.25) is 4.72 Å². The van der Waals surface area contributed by atoms with Crippen LogP contribution in [0.5, 0.6) is 0 Å². The first-order valence-corrected chi connectivity index (χ1v) is 7.56. The fourth-order valence-electron chi connectivity index (χ4n) is 1.50. The van der Waals surface area contributed by atoms with E-state index in [0.29, 0.717) is 5.69 Å². The van der Waals surface area contributed by atoms with Gasteiger partial charge in [0.05, 0.1) is 15.7 Å². The second kappa shape index (κ2) is 5.47. The topological polar surface area (TPSA) is 72.2 Å². The van der Waals surface area contributed by atoms with Crippen LogP contribution in [0.1, 0.15) is 0 Å². The molecule has 0 aliphatic carbocycles. The number of rotatable bonds is 3. The van der Waals surface area contributed by atoms with Crippen LogP contribution in [0.2, 0.25) is 10.0 Å². The van der Waals surface area contributed by atoms with Crippen molar-refractivity contribution in [3.05, 3.63) is 52.3 Å². The molecule has 0 spiro atoms. The van der Waals surface area contributed by atoms with Crippen LogP contribution in [0, 0.1) is 5.82 Å². The maximum absolute atomic E-state index is 13.2. The van der Waals surface area contributed by atoms with E-state index in [1.807, 2.05) is 0 Å². The first kappa shape index (κ1) is 14.9. The Kier molecular flexibility index (Phi) is 4.08. The monoisotopic (exact) mass is 334 g/mol. The van der Waals surface area contributed by atoms with E-state index in [1.54, 1.807) is 0 Å². The molecule has 0 heterocycles. The summed E-state index contributed by atoms with van der Waals surface area (Å²) in [7, 11) is -4.05. The number of nitrogens with two attached hydrogens (primary N) is 1. The standard InChI is InChI=1S/C12H9Cl2FN2O2S/c13-9-3-1-7(15)5-12(9)20(18,19)17-11-4-2-8(16)6-10(11)14/h1-6,17H,16H2. The summed E-state index contributed by atoms with van der Waals surface area (Å²) in [6.45, 7) is 0. The molecule has 0 aliphatic heterocycles. The predicted octanol–water partition coefficient (Wildman–Crippen LogP) is 3.52. The zero-order valence-corrected chi connectivity index (χ0v) is 12.2. The quantitative estimate of drug-likeness (QED) is 0.843. The second-order valence-corrected chi connectivity index (χ2v) is 6.38. The van der Waals surface area contributed by atoms with Crippen molar-refractivity contribution in [1.29, 1.82) is 0 Å². The first-order chi connectivity index (χ1) is 9.29. The summed E-state index contributed by atoms with van der Waals surface area (Å²) < 4.78 is 39.7. The number of nitrogen functional groups attached to an aromatic ring is 1. The number of halogens is 3. The van der Waals surface area contributed by atoms with E-state index in [-0.39, 0.29) is 20.6 Å². The summed E-state index contributed by atoms with van der Waals surface area (Å²) in [5.74, 6) is -0.710. The first-order valence-electron chi connectivity index (χ1n) is 5.32. The summed E-state index contributed by atoms with van der Waals surface area (Å²) in [5.41, 5.74) is 6.03. The lowest BCUT2D eigenvalue weighted by atomic mass is 10.3. The number of benzene rings is 2. The second-order valence-electron chi connectivity index (χ2n) is 3.92. The molecule has 8 heteroatoms. The van der Waals surface area contributed by atoms with Crippen LogP contribution in [-0.4, -0.2) is 8.42 Å². The molecule has 0 bridgehead atoms. The Morgan fingerprint density at radius 1 is 1.05 bits per heavy atom. The fraction of sp³-hybridized carbons (Fsp3) is 0. The van der Waals surface area contributed by atoms with Gasteiger partial charge >= 0.3 is 0 Å². The van der Waals surface area contributed by atoms with Crippen molar-refractivity contribution in [3.8, 4) is 0 Å². The van der Waals surface area contributed by atoms with E-state index in [1.165, 1.54) is 18.2 Å². The van der Waals surface area contributed by atoms with Gasteiger partial charge in [0.25, 0.3) is 10.0 Å². The fourth-order valence-corrected chi connectivity index (χ4v) is 3.38. The van der Waals surface area contributed by atoms with Crippen molar-refractivity contribution in [2.24, 2.45) is 0 Å². The highest BCUT2D eigenvalue weighted by Crippen LogP contribution is 2.29. The van der Waals surface area contributed by atoms with E-state index in [2.05, 4.69) is 4.72 Å². The largest absolute Gasteiger partial charge is 0.399 e. The Bertz CT molecular complexity index is 766. The van der Waals surface area contributed by atoms with Gasteiger partial charge in [-0.05, 0) is 36.4 Å². The van der Waals surface area contributed by atoms with E-state index >= 15 is 0 Å². The molecule has 0 unspecified atom stereocenters. The molecule has 2 aromatic carbocycles. The lowest BCUT2D eigenvalue weighted by Crippen LogP contribution is -2.14. The molecule has 0 aliphatic rings. The van der Waals surface area contributed by atoms with E-state index in [4.69, 9.17) is 28.9 Å². The van der Waals surface area contributed by atoms with Crippen LogP contribution in [-0.2, 0) is 10.0 Å². The van der Waals surface area contributed by atoms with Gasteiger partial charge in [0.2, 0.25) is 0 Å². The number of hydrogen-bond donors (Lipinski definition) is 2. The maximum Gasteiger partial charge on any atom is 0.263 e. The number of sulfonamides is 1. The molecule has 0 amide bonds. The molecule has 0 aromatic heterocycles. The van der Waals surface area contributed by atoms with E-state index < -0.39 is 15.8 Å². The summed E-state index contributed by atoms with van der Waals surface area (Å²) in [6, 6.07) is 7.34. The lowest BCUT2D eigenvalue weighted by molar-refractivity contribution is 0.595. The van der Waals surface area contributed by atoms with Gasteiger partial charge in [-0.25, -0.2) is 12.8 Å². The van der Waals surface area contributed by atoms with Crippen molar-refractivity contribution in [2.75, 3.05) is 10.5 Å². The van der Waals surface area contributed by atoms with Crippen molar-refractivity contribution in [2.45, 2.75) is 4.90 Å². The SMILES string of the molecule is Nc1ccc(NS(=O)(=O)c2cc(F)ccc2Cl)c(Cl)c1. The van der Waals surface area contributed by atoms with Crippen LogP contribution >= 0.6 is 23.2 Å². The summed E-state index contributed by atoms with van der Waals surface area (Å²) in [4.78, 5) is -0.368. The highest BCUT2D eigenvalue weighted by atomic mass is 35.5. The third-order valence-corrected chi connectivity index (χ3v) is 4.58. The van der Waals surface area contributed by atoms with Crippen LogP contribution < -0.4 is 10.5 Å². The third-order valence-electron chi connectivity index (χ3n) is 2.42. The molecule has 106 valence electrons. The number of anilines is 2. The van der Waals surface area contributed by atoms with Crippen LogP contribution in [0.15, 0.2) is 41.3 Å². The van der Waals surface area contributed by atoms with Crippen LogP contribution in [0.4, 0.5) is 15.8 Å². The average molecular weight is 335 g/mol. The van der Waals surface area contributed by atoms with Gasteiger partial charge < -0.3 is 5.73 Å². The zero-order valence-electron chi connectivity index (χ0n) is 9.90. The molecular weight excluding hydrogens is 326 g/mol. The summed E-state index contributed by atoms with van der Waals surface area (Å²) in [6.07, 6.45) is 0. The smallest absolute Gasteiger partial charge is 0.263 e. The van der Waals surface area contributed by atoms with Crippen LogP contribution in [0.25, 0.3) is 0 Å². The molecular formula is C12H9Cl2FN2O2S. The molecule has 20 heavy (non-hydrogen) atoms. The Balaban J connectivity index is 2.43. The van der Waals surface area contributed by atoms with Crippen molar-refractivity contribution in [1.82, 2.24) is 0 Å². The van der Waals surface area contributed by atoms with Crippen molar-refractivity contribution in [3.63, 3.8) is 0 Å². The summed E-state index contributed by atoms with van der Waals surface area (Å²) in [5, 5.41) is 0.0339. The maximum atomic E-state index is 13.2. The Morgan fingerprint density at radius 2 is 1.75 bits per heavy atom. The molecule has 3 N–H and O–H groups in total. The Hall–Kier alpha value is -1.50. The molecule has 0 saturated carbocycles. The molecule has 2 aromatic rings. The highest BCUT2D eigenvalue weighted by Gasteiger charge is 2.20. The van der Waals surface area contributed by atoms with Crippen molar-refractivity contribution < 1.29 is 12.8 Å². The number of nitrogens with one attached hydrogen (secondary N) is 1. The Labute approximate surface area is 125 Å². The minimum Gasteiger partial charge on any atom is -0.399 e. The molecule has 0 radical (unpaired) electrons. The normalized spacial score (nSPS) is 11.3. The van der Waals surface area contributed by atoms with Gasteiger partial charge in [-0.1, -0.05) is 23.2 Å².